The van der Waals surface area contributed by atoms with Crippen molar-refractivity contribution in [2.45, 2.75) is 43.6 Å². The Labute approximate surface area is 183 Å². The van der Waals surface area contributed by atoms with Crippen molar-refractivity contribution in [3.05, 3.63) is 69.3 Å². The van der Waals surface area contributed by atoms with Crippen LogP contribution in [-0.4, -0.2) is 9.71 Å². The molecule has 0 heterocycles. The number of alkyl halides is 1. The van der Waals surface area contributed by atoms with E-state index in [1.807, 2.05) is 24.3 Å². The van der Waals surface area contributed by atoms with Crippen LogP contribution in [0.3, 0.4) is 0 Å². The normalized spacial score (nSPS) is 12.7. The van der Waals surface area contributed by atoms with Crippen LogP contribution >= 0.6 is 45.2 Å². The minimum Gasteiger partial charge on any atom is -0.489 e. The zero-order valence-electron chi connectivity index (χ0n) is 15.2. The lowest BCUT2D eigenvalue weighted by Crippen LogP contribution is -2.06. The molecule has 4 heteroatoms. The highest BCUT2D eigenvalue weighted by atomic mass is 127. The molecule has 2 aromatic carbocycles. The van der Waals surface area contributed by atoms with Crippen LogP contribution in [0, 0.1) is 3.57 Å². The van der Waals surface area contributed by atoms with Crippen LogP contribution in [0.15, 0.2) is 54.6 Å². The summed E-state index contributed by atoms with van der Waals surface area (Å²) in [5.74, 6) is 0.945. The molecule has 0 N–H and O–H groups in total. The number of carbonyl (C=O) groups excluding carboxylic acids is 1. The van der Waals surface area contributed by atoms with E-state index in [2.05, 4.69) is 76.4 Å². The molecule has 0 saturated heterocycles. The minimum atomic E-state index is 0.0957. The van der Waals surface area contributed by atoms with Crippen LogP contribution in [0.2, 0.25) is 0 Å². The van der Waals surface area contributed by atoms with Gasteiger partial charge in [-0.2, -0.15) is 0 Å². The van der Waals surface area contributed by atoms with Gasteiger partial charge in [-0.25, -0.2) is 0 Å². The van der Waals surface area contributed by atoms with Crippen molar-refractivity contribution < 1.29 is 9.53 Å². The fourth-order valence-electron chi connectivity index (χ4n) is 2.66. The van der Waals surface area contributed by atoms with E-state index in [0.717, 1.165) is 45.3 Å². The zero-order valence-corrected chi connectivity index (χ0v) is 19.5. The molecule has 0 aliphatic heterocycles. The van der Waals surface area contributed by atoms with E-state index in [4.69, 9.17) is 4.74 Å². The van der Waals surface area contributed by atoms with Crippen molar-refractivity contribution in [1.29, 1.82) is 0 Å². The minimum absolute atomic E-state index is 0.0957. The first-order valence-corrected chi connectivity index (χ1v) is 11.2. The monoisotopic (exact) mass is 574 g/mol. The molecule has 0 spiro atoms. The van der Waals surface area contributed by atoms with Gasteiger partial charge in [0.2, 0.25) is 0 Å². The third-order valence-corrected chi connectivity index (χ3v) is 6.19. The van der Waals surface area contributed by atoms with E-state index in [1.165, 1.54) is 0 Å². The molecule has 0 aliphatic carbocycles. The number of hydrogen-bond acceptors (Lipinski definition) is 2. The largest absolute Gasteiger partial charge is 0.489 e. The van der Waals surface area contributed by atoms with Crippen molar-refractivity contribution >= 4 is 56.5 Å². The van der Waals surface area contributed by atoms with E-state index in [1.54, 1.807) is 13.0 Å². The second-order valence-electron chi connectivity index (χ2n) is 6.24. The molecule has 0 saturated carbocycles. The maximum absolute atomic E-state index is 11.7. The average Bonchev–Trinajstić information content (AvgIpc) is 2.63. The molecule has 1 unspecified atom stereocenters. The molecule has 0 radical (unpaired) electrons. The second-order valence-corrected chi connectivity index (χ2v) is 8.90. The van der Waals surface area contributed by atoms with Gasteiger partial charge in [0.1, 0.15) is 12.4 Å². The third kappa shape index (κ3) is 6.68. The highest BCUT2D eigenvalue weighted by Crippen LogP contribution is 2.33. The average molecular weight is 574 g/mol. The van der Waals surface area contributed by atoms with Gasteiger partial charge in [-0.3, -0.25) is 4.79 Å². The first-order chi connectivity index (χ1) is 12.5. The Morgan fingerprint density at radius 1 is 1.19 bits per heavy atom. The van der Waals surface area contributed by atoms with Gasteiger partial charge in [-0.1, -0.05) is 72.7 Å². The molecule has 2 nitrogen and oxygen atoms in total. The lowest BCUT2D eigenvalue weighted by atomic mass is 9.98. The van der Waals surface area contributed by atoms with Crippen LogP contribution < -0.4 is 4.74 Å². The fourth-order valence-corrected chi connectivity index (χ4v) is 4.41. The smallest absolute Gasteiger partial charge is 0.152 e. The zero-order chi connectivity index (χ0) is 18.9. The number of halogens is 2. The summed E-state index contributed by atoms with van der Waals surface area (Å²) in [7, 11) is 0. The number of ketones is 1. The Hall–Kier alpha value is -0.890. The van der Waals surface area contributed by atoms with Crippen LogP contribution in [0.4, 0.5) is 0 Å². The number of ether oxygens (including phenoxy) is 1. The molecule has 2 rings (SSSR count). The Morgan fingerprint density at radius 2 is 1.92 bits per heavy atom. The van der Waals surface area contributed by atoms with Crippen molar-refractivity contribution in [2.75, 3.05) is 0 Å². The molecule has 0 aliphatic rings. The summed E-state index contributed by atoms with van der Waals surface area (Å²) >= 11 is 4.80. The molecule has 138 valence electrons. The summed E-state index contributed by atoms with van der Waals surface area (Å²) in [6.45, 7) is 4.37. The van der Waals surface area contributed by atoms with Crippen molar-refractivity contribution in [3.8, 4) is 5.75 Å². The maximum atomic E-state index is 11.7. The summed E-state index contributed by atoms with van der Waals surface area (Å²) in [5, 5.41) is 0. The lowest BCUT2D eigenvalue weighted by molar-refractivity contribution is -0.112. The van der Waals surface area contributed by atoms with Crippen molar-refractivity contribution in [2.24, 2.45) is 0 Å². The van der Waals surface area contributed by atoms with Gasteiger partial charge in [-0.15, -0.1) is 0 Å². The van der Waals surface area contributed by atoms with Crippen LogP contribution in [0.5, 0.6) is 5.75 Å². The van der Waals surface area contributed by atoms with Crippen LogP contribution in [-0.2, 0) is 11.4 Å². The standard InChI is InChI=1S/C22H24I2O2/c1-3-4-10-21(23)20(13-16(2)25)19-12-11-18(14-22(19)24)26-15-17-8-6-5-7-9-17/h5-9,11-14,21H,3-4,10,15H2,1-2H3. The first kappa shape index (κ1) is 21.4. The summed E-state index contributed by atoms with van der Waals surface area (Å²) in [4.78, 5) is 11.7. The molecule has 0 amide bonds. The first-order valence-electron chi connectivity index (χ1n) is 8.84. The fraction of sp³-hybridized carbons (Fsp3) is 0.318. The quantitative estimate of drug-likeness (QED) is 0.187. The predicted octanol–water partition coefficient (Wildman–Crippen LogP) is 6.84. The van der Waals surface area contributed by atoms with Gasteiger partial charge in [0.25, 0.3) is 0 Å². The molecule has 26 heavy (non-hydrogen) atoms. The number of unbranched alkanes of at least 4 members (excludes halogenated alkanes) is 1. The summed E-state index contributed by atoms with van der Waals surface area (Å²) in [6, 6.07) is 16.3. The van der Waals surface area contributed by atoms with Gasteiger partial charge in [0.05, 0.1) is 0 Å². The highest BCUT2D eigenvalue weighted by molar-refractivity contribution is 14.1. The SMILES string of the molecule is CCCCC(I)C(=CC(C)=O)c1ccc(OCc2ccccc2)cc1I. The number of carbonyl (C=O) groups is 1. The number of benzene rings is 2. The van der Waals surface area contributed by atoms with Gasteiger partial charge < -0.3 is 4.74 Å². The summed E-state index contributed by atoms with van der Waals surface area (Å²) in [5.41, 5.74) is 3.39. The van der Waals surface area contributed by atoms with Crippen LogP contribution in [0.1, 0.15) is 44.2 Å². The molecular weight excluding hydrogens is 550 g/mol. The van der Waals surface area contributed by atoms with E-state index in [0.29, 0.717) is 10.5 Å². The molecule has 2 aromatic rings. The van der Waals surface area contributed by atoms with E-state index in [-0.39, 0.29) is 5.78 Å². The highest BCUT2D eigenvalue weighted by Gasteiger charge is 2.16. The van der Waals surface area contributed by atoms with E-state index >= 15 is 0 Å². The van der Waals surface area contributed by atoms with Crippen LogP contribution in [0.25, 0.3) is 5.57 Å². The van der Waals surface area contributed by atoms with E-state index in [9.17, 15) is 4.79 Å². The summed E-state index contributed by atoms with van der Waals surface area (Å²) < 4.78 is 7.37. The predicted molar refractivity (Wildman–Crippen MR) is 126 cm³/mol. The Morgan fingerprint density at radius 3 is 2.54 bits per heavy atom. The molecule has 0 aromatic heterocycles. The topological polar surface area (TPSA) is 26.3 Å². The van der Waals surface area contributed by atoms with Gasteiger partial charge in [0, 0.05) is 7.49 Å². The number of rotatable bonds is 9. The molecule has 0 bridgehead atoms. The van der Waals surface area contributed by atoms with Gasteiger partial charge in [-0.05, 0) is 76.9 Å². The number of allylic oxidation sites excluding steroid dienone is 2. The third-order valence-electron chi connectivity index (χ3n) is 4.01. The van der Waals surface area contributed by atoms with Gasteiger partial charge >= 0.3 is 0 Å². The van der Waals surface area contributed by atoms with E-state index < -0.39 is 0 Å². The Balaban J connectivity index is 2.18. The van der Waals surface area contributed by atoms with Crippen molar-refractivity contribution in [1.82, 2.24) is 0 Å². The molecular formula is C22H24I2O2. The second kappa shape index (κ2) is 11.1. The number of hydrogen-bond donors (Lipinski definition) is 0. The molecule has 0 fully saturated rings. The maximum Gasteiger partial charge on any atom is 0.152 e. The molecule has 1 atom stereocenters. The lowest BCUT2D eigenvalue weighted by Gasteiger charge is -2.17. The Kier molecular flexibility index (Phi) is 9.11. The van der Waals surface area contributed by atoms with Crippen molar-refractivity contribution in [3.63, 3.8) is 0 Å². The Bertz CT molecular complexity index is 754. The van der Waals surface area contributed by atoms with Gasteiger partial charge in [0.15, 0.2) is 5.78 Å². The summed E-state index contributed by atoms with van der Waals surface area (Å²) in [6.07, 6.45) is 5.20.